The van der Waals surface area contributed by atoms with Crippen molar-refractivity contribution in [1.29, 1.82) is 5.26 Å². The first kappa shape index (κ1) is 7.70. The lowest BCUT2D eigenvalue weighted by Gasteiger charge is -1.92. The van der Waals surface area contributed by atoms with Gasteiger partial charge in [0, 0.05) is 0 Å². The molecule has 0 bridgehead atoms. The molecule has 0 fully saturated rings. The van der Waals surface area contributed by atoms with Crippen LogP contribution in [0.5, 0.6) is 0 Å². The molecule has 0 N–H and O–H groups in total. The predicted octanol–water partition coefficient (Wildman–Crippen LogP) is 2.48. The van der Waals surface area contributed by atoms with E-state index in [1.54, 1.807) is 12.1 Å². The molecule has 0 radical (unpaired) electrons. The molecule has 0 aromatic carbocycles. The normalized spacial score (nSPS) is 8.90. The van der Waals surface area contributed by atoms with Crippen molar-refractivity contribution in [2.45, 2.75) is 0 Å². The Morgan fingerprint density at radius 3 is 2.60 bits per heavy atom. The number of nitriles is 1. The van der Waals surface area contributed by atoms with Gasteiger partial charge in [0.1, 0.15) is 15.3 Å². The van der Waals surface area contributed by atoms with E-state index in [1.807, 2.05) is 6.07 Å². The summed E-state index contributed by atoms with van der Waals surface area (Å²) in [5.41, 5.74) is 0.545. The maximum atomic E-state index is 8.47. The van der Waals surface area contributed by atoms with Crippen molar-refractivity contribution in [1.82, 2.24) is 4.98 Å². The van der Waals surface area contributed by atoms with Crippen molar-refractivity contribution in [2.75, 3.05) is 0 Å². The van der Waals surface area contributed by atoms with Gasteiger partial charge >= 0.3 is 0 Å². The van der Waals surface area contributed by atoms with Gasteiger partial charge in [-0.3, -0.25) is 0 Å². The van der Waals surface area contributed by atoms with Gasteiger partial charge in [-0.15, -0.1) is 0 Å². The molecule has 0 saturated heterocycles. The molecule has 50 valence electrons. The minimum absolute atomic E-state index is 0.545. The second kappa shape index (κ2) is 3.13. The van der Waals surface area contributed by atoms with Crippen LogP contribution in [-0.4, -0.2) is 4.98 Å². The number of aromatic nitrogens is 1. The Balaban J connectivity index is 3.23. The average molecular weight is 262 g/mol. The van der Waals surface area contributed by atoms with Gasteiger partial charge in [-0.2, -0.15) is 5.26 Å². The summed E-state index contributed by atoms with van der Waals surface area (Å²) in [6.45, 7) is 0. The van der Waals surface area contributed by atoms with Crippen LogP contribution in [0.1, 0.15) is 5.56 Å². The lowest BCUT2D eigenvalue weighted by Crippen LogP contribution is -1.81. The van der Waals surface area contributed by atoms with Gasteiger partial charge in [0.2, 0.25) is 0 Å². The molecule has 1 heterocycles. The lowest BCUT2D eigenvalue weighted by molar-refractivity contribution is 1.21. The monoisotopic (exact) mass is 260 g/mol. The third kappa shape index (κ3) is 1.55. The van der Waals surface area contributed by atoms with Crippen molar-refractivity contribution >= 4 is 31.9 Å². The summed E-state index contributed by atoms with van der Waals surface area (Å²) in [5.74, 6) is 0. The molecule has 4 heteroatoms. The summed E-state index contributed by atoms with van der Waals surface area (Å²) >= 11 is 6.32. The summed E-state index contributed by atoms with van der Waals surface area (Å²) in [7, 11) is 0. The molecule has 0 saturated carbocycles. The third-order valence-electron chi connectivity index (χ3n) is 0.935. The van der Waals surface area contributed by atoms with E-state index in [0.29, 0.717) is 10.2 Å². The van der Waals surface area contributed by atoms with E-state index in [9.17, 15) is 0 Å². The first-order valence-electron chi connectivity index (χ1n) is 2.46. The third-order valence-corrected chi connectivity index (χ3v) is 1.98. The fourth-order valence-corrected chi connectivity index (χ4v) is 1.45. The summed E-state index contributed by atoms with van der Waals surface area (Å²) in [5, 5.41) is 8.47. The highest BCUT2D eigenvalue weighted by Gasteiger charge is 1.98. The van der Waals surface area contributed by atoms with Gasteiger partial charge in [-0.05, 0) is 44.0 Å². The summed E-state index contributed by atoms with van der Waals surface area (Å²) in [6, 6.07) is 5.41. The van der Waals surface area contributed by atoms with E-state index >= 15 is 0 Å². The number of hydrogen-bond acceptors (Lipinski definition) is 2. The fraction of sp³-hybridized carbons (Fsp3) is 0. The first-order valence-corrected chi connectivity index (χ1v) is 4.05. The van der Waals surface area contributed by atoms with Crippen molar-refractivity contribution in [3.63, 3.8) is 0 Å². The quantitative estimate of drug-likeness (QED) is 0.673. The van der Waals surface area contributed by atoms with Gasteiger partial charge in [0.25, 0.3) is 0 Å². The number of nitrogens with zero attached hydrogens (tertiary/aromatic N) is 2. The van der Waals surface area contributed by atoms with E-state index in [-0.39, 0.29) is 0 Å². The summed E-state index contributed by atoms with van der Waals surface area (Å²) in [4.78, 5) is 3.96. The molecule has 0 spiro atoms. The molecule has 10 heavy (non-hydrogen) atoms. The highest BCUT2D eigenvalue weighted by atomic mass is 79.9. The largest absolute Gasteiger partial charge is 0.233 e. The van der Waals surface area contributed by atoms with Gasteiger partial charge in [-0.25, -0.2) is 4.98 Å². The van der Waals surface area contributed by atoms with Gasteiger partial charge in [0.05, 0.1) is 5.56 Å². The van der Waals surface area contributed by atoms with E-state index in [0.717, 1.165) is 4.60 Å². The van der Waals surface area contributed by atoms with Gasteiger partial charge < -0.3 is 0 Å². The molecule has 1 aromatic heterocycles. The van der Waals surface area contributed by atoms with E-state index in [4.69, 9.17) is 5.26 Å². The Kier molecular flexibility index (Phi) is 2.41. The minimum Gasteiger partial charge on any atom is -0.233 e. The van der Waals surface area contributed by atoms with E-state index in [1.165, 1.54) is 0 Å². The number of pyridine rings is 1. The Labute approximate surface area is 75.1 Å². The van der Waals surface area contributed by atoms with Crippen molar-refractivity contribution < 1.29 is 0 Å². The molecule has 0 aliphatic heterocycles. The topological polar surface area (TPSA) is 36.7 Å². The zero-order chi connectivity index (χ0) is 7.56. The van der Waals surface area contributed by atoms with Crippen LogP contribution in [0, 0.1) is 11.3 Å². The van der Waals surface area contributed by atoms with Gasteiger partial charge in [-0.1, -0.05) is 0 Å². The second-order valence-corrected chi connectivity index (χ2v) is 3.15. The van der Waals surface area contributed by atoms with Crippen LogP contribution in [0.4, 0.5) is 0 Å². The van der Waals surface area contributed by atoms with E-state index in [2.05, 4.69) is 36.8 Å². The van der Waals surface area contributed by atoms with Crippen molar-refractivity contribution in [3.8, 4) is 6.07 Å². The number of rotatable bonds is 0. The Morgan fingerprint density at radius 2 is 2.10 bits per heavy atom. The minimum atomic E-state index is 0.545. The SMILES string of the molecule is N#Cc1ccc(Br)nc1Br. The molecule has 0 atom stereocenters. The van der Waals surface area contributed by atoms with Crippen LogP contribution in [0.15, 0.2) is 21.3 Å². The van der Waals surface area contributed by atoms with Crippen molar-refractivity contribution in [3.05, 3.63) is 26.9 Å². The van der Waals surface area contributed by atoms with Crippen molar-refractivity contribution in [2.24, 2.45) is 0 Å². The van der Waals surface area contributed by atoms with Crippen LogP contribution < -0.4 is 0 Å². The molecule has 1 aromatic rings. The van der Waals surface area contributed by atoms with Gasteiger partial charge in [0.15, 0.2) is 0 Å². The Bertz CT molecular complexity index is 290. The zero-order valence-electron chi connectivity index (χ0n) is 4.81. The first-order chi connectivity index (χ1) is 4.74. The molecule has 0 aliphatic carbocycles. The van der Waals surface area contributed by atoms with E-state index < -0.39 is 0 Å². The molecular weight excluding hydrogens is 260 g/mol. The summed E-state index contributed by atoms with van der Waals surface area (Å²) < 4.78 is 1.29. The Hall–Kier alpha value is -0.400. The zero-order valence-corrected chi connectivity index (χ0v) is 7.98. The fourth-order valence-electron chi connectivity index (χ4n) is 0.496. The lowest BCUT2D eigenvalue weighted by atomic mass is 10.3. The summed E-state index contributed by atoms with van der Waals surface area (Å²) in [6.07, 6.45) is 0. The molecule has 0 aliphatic rings. The average Bonchev–Trinajstić information content (AvgIpc) is 1.88. The number of hydrogen-bond donors (Lipinski definition) is 0. The predicted molar refractivity (Wildman–Crippen MR) is 44.4 cm³/mol. The van der Waals surface area contributed by atoms with Crippen LogP contribution in [0.2, 0.25) is 0 Å². The van der Waals surface area contributed by atoms with Crippen LogP contribution in [-0.2, 0) is 0 Å². The molecule has 2 nitrogen and oxygen atoms in total. The highest BCUT2D eigenvalue weighted by molar-refractivity contribution is 9.11. The molecule has 0 unspecified atom stereocenters. The van der Waals surface area contributed by atoms with Crippen LogP contribution >= 0.6 is 31.9 Å². The smallest absolute Gasteiger partial charge is 0.125 e. The molecule has 0 amide bonds. The Morgan fingerprint density at radius 1 is 1.40 bits per heavy atom. The number of halogens is 2. The second-order valence-electron chi connectivity index (χ2n) is 1.58. The maximum Gasteiger partial charge on any atom is 0.125 e. The molecular formula is C6H2Br2N2. The van der Waals surface area contributed by atoms with Crippen LogP contribution in [0.25, 0.3) is 0 Å². The molecule has 1 rings (SSSR count). The highest BCUT2D eigenvalue weighted by Crippen LogP contribution is 2.16. The standard InChI is InChI=1S/C6H2Br2N2/c7-5-2-1-4(3-9)6(8)10-5/h1-2H. The maximum absolute atomic E-state index is 8.47. The van der Waals surface area contributed by atoms with Crippen LogP contribution in [0.3, 0.4) is 0 Å².